The maximum absolute atomic E-state index is 12.3. The number of amides is 1. The molecule has 0 radical (unpaired) electrons. The van der Waals surface area contributed by atoms with E-state index in [4.69, 9.17) is 9.47 Å². The predicted octanol–water partition coefficient (Wildman–Crippen LogP) is 4.15. The first-order chi connectivity index (χ1) is 15.5. The van der Waals surface area contributed by atoms with Crippen LogP contribution in [-0.4, -0.2) is 36.4 Å². The van der Waals surface area contributed by atoms with Gasteiger partial charge in [-0.25, -0.2) is 0 Å². The van der Waals surface area contributed by atoms with Crippen molar-refractivity contribution in [3.05, 3.63) is 77.5 Å². The fourth-order valence-corrected chi connectivity index (χ4v) is 3.87. The fourth-order valence-electron chi connectivity index (χ4n) is 3.87. The number of ketones is 1. The number of nitrogens with one attached hydrogen (secondary N) is 1. The number of nitrogens with zero attached hydrogens (tertiary/aromatic N) is 1. The Morgan fingerprint density at radius 1 is 1.09 bits per heavy atom. The Balaban J connectivity index is 1.30. The van der Waals surface area contributed by atoms with Crippen LogP contribution >= 0.6 is 0 Å². The number of fused-ring (bicyclic) bond motifs is 1. The Morgan fingerprint density at radius 2 is 1.91 bits per heavy atom. The molecule has 32 heavy (non-hydrogen) atoms. The van der Waals surface area contributed by atoms with E-state index in [0.717, 1.165) is 34.6 Å². The number of benzene rings is 2. The largest absolute Gasteiger partial charge is 0.497 e. The number of rotatable bonds is 8. The minimum absolute atomic E-state index is 0.0669. The van der Waals surface area contributed by atoms with E-state index in [1.165, 1.54) is 0 Å². The van der Waals surface area contributed by atoms with E-state index in [1.54, 1.807) is 37.6 Å². The van der Waals surface area contributed by atoms with Gasteiger partial charge < -0.3 is 14.8 Å². The Morgan fingerprint density at radius 3 is 2.66 bits per heavy atom. The third-order valence-electron chi connectivity index (χ3n) is 5.61. The molecule has 1 aromatic heterocycles. The van der Waals surface area contributed by atoms with E-state index >= 15 is 0 Å². The first kappa shape index (κ1) is 21.6. The standard InChI is InChI=1S/C26H26N2O4/c1-17-5-4-14-27-25(17)22-7-3-6-19-15-21(32-26(19)22)16-28-24(30)13-12-23(29)18-8-10-20(31-2)11-9-18/h3-11,14,21H,12-13,15-16H2,1-2H3,(H,28,30)/t21-/m0/s1. The summed E-state index contributed by atoms with van der Waals surface area (Å²) in [5, 5.41) is 2.90. The maximum atomic E-state index is 12.3. The van der Waals surface area contributed by atoms with Crippen LogP contribution in [0.3, 0.4) is 0 Å². The van der Waals surface area contributed by atoms with Crippen LogP contribution in [-0.2, 0) is 11.2 Å². The first-order valence-electron chi connectivity index (χ1n) is 10.7. The molecule has 0 unspecified atom stereocenters. The Bertz CT molecular complexity index is 1120. The lowest BCUT2D eigenvalue weighted by atomic mass is 10.0. The zero-order valence-corrected chi connectivity index (χ0v) is 18.3. The molecule has 164 valence electrons. The minimum Gasteiger partial charge on any atom is -0.497 e. The van der Waals surface area contributed by atoms with Crippen molar-refractivity contribution in [2.24, 2.45) is 0 Å². The van der Waals surface area contributed by atoms with Gasteiger partial charge in [0.05, 0.1) is 19.3 Å². The van der Waals surface area contributed by atoms with Gasteiger partial charge in [0.25, 0.3) is 0 Å². The molecule has 0 fully saturated rings. The van der Waals surface area contributed by atoms with Crippen LogP contribution in [0.5, 0.6) is 11.5 Å². The summed E-state index contributed by atoms with van der Waals surface area (Å²) in [6, 6.07) is 16.9. The molecule has 0 bridgehead atoms. The number of carbonyl (C=O) groups excluding carboxylic acids is 2. The molecule has 0 saturated carbocycles. The number of methoxy groups -OCH3 is 1. The third kappa shape index (κ3) is 4.80. The van der Waals surface area contributed by atoms with Gasteiger partial charge in [0.2, 0.25) is 5.91 Å². The molecule has 1 amide bonds. The van der Waals surface area contributed by atoms with Crippen molar-refractivity contribution in [2.45, 2.75) is 32.3 Å². The molecular formula is C26H26N2O4. The van der Waals surface area contributed by atoms with E-state index in [2.05, 4.69) is 10.3 Å². The summed E-state index contributed by atoms with van der Waals surface area (Å²) in [6.07, 6.45) is 2.66. The maximum Gasteiger partial charge on any atom is 0.220 e. The van der Waals surface area contributed by atoms with Crippen LogP contribution in [0.15, 0.2) is 60.8 Å². The first-order valence-corrected chi connectivity index (χ1v) is 10.7. The summed E-state index contributed by atoms with van der Waals surface area (Å²) >= 11 is 0. The van der Waals surface area contributed by atoms with Crippen LogP contribution in [0, 0.1) is 6.92 Å². The molecular weight excluding hydrogens is 404 g/mol. The van der Waals surface area contributed by atoms with Crippen molar-refractivity contribution >= 4 is 11.7 Å². The average Bonchev–Trinajstić information content (AvgIpc) is 3.25. The van der Waals surface area contributed by atoms with E-state index in [1.807, 2.05) is 37.3 Å². The Labute approximate surface area is 187 Å². The van der Waals surface area contributed by atoms with Gasteiger partial charge in [-0.15, -0.1) is 0 Å². The Hall–Kier alpha value is -3.67. The molecule has 1 N–H and O–H groups in total. The highest BCUT2D eigenvalue weighted by Crippen LogP contribution is 2.38. The molecule has 1 atom stereocenters. The number of hydrogen-bond donors (Lipinski definition) is 1. The zero-order chi connectivity index (χ0) is 22.5. The monoisotopic (exact) mass is 430 g/mol. The molecule has 2 heterocycles. The highest BCUT2D eigenvalue weighted by atomic mass is 16.5. The fraction of sp³-hybridized carbons (Fsp3) is 0.269. The van der Waals surface area contributed by atoms with Gasteiger partial charge in [-0.2, -0.15) is 0 Å². The topological polar surface area (TPSA) is 77.5 Å². The quantitative estimate of drug-likeness (QED) is 0.543. The summed E-state index contributed by atoms with van der Waals surface area (Å²) in [6.45, 7) is 2.42. The molecule has 1 aliphatic rings. The van der Waals surface area contributed by atoms with Gasteiger partial charge in [0, 0.05) is 36.6 Å². The minimum atomic E-state index is -0.160. The highest BCUT2D eigenvalue weighted by Gasteiger charge is 2.26. The molecule has 2 aromatic carbocycles. The van der Waals surface area contributed by atoms with Crippen molar-refractivity contribution in [3.8, 4) is 22.8 Å². The summed E-state index contributed by atoms with van der Waals surface area (Å²) in [5.74, 6) is 1.30. The van der Waals surface area contributed by atoms with Crippen LogP contribution in [0.2, 0.25) is 0 Å². The van der Waals surface area contributed by atoms with Gasteiger partial charge >= 0.3 is 0 Å². The number of Topliss-reactive ketones (excluding diaryl/α,β-unsaturated/α-hetero) is 1. The lowest BCUT2D eigenvalue weighted by Crippen LogP contribution is -2.34. The highest BCUT2D eigenvalue weighted by molar-refractivity contribution is 5.98. The summed E-state index contributed by atoms with van der Waals surface area (Å²) in [5.41, 5.74) is 4.65. The van der Waals surface area contributed by atoms with Crippen LogP contribution in [0.4, 0.5) is 0 Å². The lowest BCUT2D eigenvalue weighted by molar-refractivity contribution is -0.121. The molecule has 0 aliphatic carbocycles. The molecule has 3 aromatic rings. The number of para-hydroxylation sites is 1. The van der Waals surface area contributed by atoms with E-state index < -0.39 is 0 Å². The number of aryl methyl sites for hydroxylation is 1. The van der Waals surface area contributed by atoms with E-state index in [9.17, 15) is 9.59 Å². The van der Waals surface area contributed by atoms with E-state index in [-0.39, 0.29) is 30.6 Å². The van der Waals surface area contributed by atoms with Gasteiger partial charge in [-0.3, -0.25) is 14.6 Å². The second kappa shape index (κ2) is 9.64. The molecule has 6 nitrogen and oxygen atoms in total. The lowest BCUT2D eigenvalue weighted by Gasteiger charge is -2.14. The average molecular weight is 431 g/mol. The van der Waals surface area contributed by atoms with Gasteiger partial charge in [0.1, 0.15) is 17.6 Å². The van der Waals surface area contributed by atoms with Crippen molar-refractivity contribution in [1.29, 1.82) is 0 Å². The normalized spacial score (nSPS) is 14.4. The van der Waals surface area contributed by atoms with E-state index in [0.29, 0.717) is 17.9 Å². The van der Waals surface area contributed by atoms with Crippen LogP contribution in [0.25, 0.3) is 11.3 Å². The zero-order valence-electron chi connectivity index (χ0n) is 18.3. The smallest absolute Gasteiger partial charge is 0.220 e. The van der Waals surface area contributed by atoms with Gasteiger partial charge in [0.15, 0.2) is 5.78 Å². The third-order valence-corrected chi connectivity index (χ3v) is 5.61. The van der Waals surface area contributed by atoms with Crippen molar-refractivity contribution in [2.75, 3.05) is 13.7 Å². The summed E-state index contributed by atoms with van der Waals surface area (Å²) in [4.78, 5) is 29.1. The molecule has 0 spiro atoms. The second-order valence-corrected chi connectivity index (χ2v) is 7.86. The molecule has 6 heteroatoms. The molecule has 4 rings (SSSR count). The van der Waals surface area contributed by atoms with Gasteiger partial charge in [-0.1, -0.05) is 18.2 Å². The van der Waals surface area contributed by atoms with Crippen molar-refractivity contribution < 1.29 is 19.1 Å². The second-order valence-electron chi connectivity index (χ2n) is 7.86. The van der Waals surface area contributed by atoms with Crippen molar-refractivity contribution in [3.63, 3.8) is 0 Å². The number of hydrogen-bond acceptors (Lipinski definition) is 5. The molecule has 1 aliphatic heterocycles. The summed E-state index contributed by atoms with van der Waals surface area (Å²) < 4.78 is 11.3. The number of carbonyl (C=O) groups is 2. The molecule has 0 saturated heterocycles. The van der Waals surface area contributed by atoms with Crippen LogP contribution < -0.4 is 14.8 Å². The van der Waals surface area contributed by atoms with Gasteiger partial charge in [-0.05, 0) is 54.4 Å². The number of pyridine rings is 1. The Kier molecular flexibility index (Phi) is 6.50. The summed E-state index contributed by atoms with van der Waals surface area (Å²) in [7, 11) is 1.58. The van der Waals surface area contributed by atoms with Crippen molar-refractivity contribution in [1.82, 2.24) is 10.3 Å². The SMILES string of the molecule is COc1ccc(C(=O)CCC(=O)NC[C@@H]2Cc3cccc(-c4ncccc4C)c3O2)cc1. The number of aromatic nitrogens is 1. The number of ether oxygens (including phenoxy) is 2. The van der Waals surface area contributed by atoms with Crippen LogP contribution in [0.1, 0.15) is 34.3 Å². The predicted molar refractivity (Wildman–Crippen MR) is 122 cm³/mol.